The fourth-order valence-electron chi connectivity index (χ4n) is 3.55. The molecule has 228 valence electrons. The Balaban J connectivity index is 2.23. The van der Waals surface area contributed by atoms with Crippen molar-refractivity contribution in [3.05, 3.63) is 12.0 Å². The second-order valence-electron chi connectivity index (χ2n) is 11.4. The summed E-state index contributed by atoms with van der Waals surface area (Å²) < 4.78 is 36.9. The number of hydrogen-bond donors (Lipinski definition) is 6. The van der Waals surface area contributed by atoms with Crippen molar-refractivity contribution >= 4 is 31.3 Å². The largest absolute Gasteiger partial charge is 0.459 e. The minimum absolute atomic E-state index is 0.198. The minimum Gasteiger partial charge on any atom is -0.459 e. The number of nitrogens with zero attached hydrogens (tertiary/aromatic N) is 2. The molecule has 0 aromatic carbocycles. The number of carbonyl (C=O) groups excluding carboxylic acids is 3. The van der Waals surface area contributed by atoms with Gasteiger partial charge in [0.25, 0.3) is 5.91 Å². The molecule has 0 saturated carbocycles. The van der Waals surface area contributed by atoms with Crippen molar-refractivity contribution in [2.24, 2.45) is 5.73 Å². The van der Waals surface area contributed by atoms with Gasteiger partial charge in [0, 0.05) is 0 Å². The lowest BCUT2D eigenvalue weighted by molar-refractivity contribution is -0.157. The summed E-state index contributed by atoms with van der Waals surface area (Å²) >= 11 is 0. The van der Waals surface area contributed by atoms with E-state index in [-0.39, 0.29) is 11.5 Å². The molecule has 1 aromatic rings. The number of primary amides is 1. The maximum atomic E-state index is 13.9. The molecule has 0 unspecified atom stereocenters. The smallest absolute Gasteiger partial charge is 0.342 e. The van der Waals surface area contributed by atoms with Gasteiger partial charge in [-0.25, -0.2) is 15.2 Å². The van der Waals surface area contributed by atoms with Crippen LogP contribution in [-0.4, -0.2) is 85.8 Å². The summed E-state index contributed by atoms with van der Waals surface area (Å²) in [6.45, 7) is 12.2. The van der Waals surface area contributed by atoms with Gasteiger partial charge in [0.1, 0.15) is 47.4 Å². The molecule has 1 fully saturated rings. The van der Waals surface area contributed by atoms with Gasteiger partial charge in [-0.05, 0) is 55.4 Å². The lowest BCUT2D eigenvalue weighted by Crippen LogP contribution is -2.45. The fourth-order valence-corrected chi connectivity index (χ4v) is 5.36. The van der Waals surface area contributed by atoms with E-state index in [2.05, 4.69) is 15.2 Å². The van der Waals surface area contributed by atoms with Gasteiger partial charge in [-0.2, -0.15) is 0 Å². The number of rotatable bonds is 11. The van der Waals surface area contributed by atoms with Crippen molar-refractivity contribution in [1.29, 1.82) is 0 Å². The molecule has 1 saturated heterocycles. The first-order valence-electron chi connectivity index (χ1n) is 12.5. The zero-order chi connectivity index (χ0) is 30.8. The molecule has 0 spiro atoms. The van der Waals surface area contributed by atoms with Crippen molar-refractivity contribution in [3.8, 4) is 0 Å². The van der Waals surface area contributed by atoms with E-state index in [1.165, 1.54) is 13.8 Å². The van der Waals surface area contributed by atoms with Crippen LogP contribution in [-0.2, 0) is 32.9 Å². The van der Waals surface area contributed by atoms with Crippen LogP contribution >= 0.6 is 7.67 Å². The van der Waals surface area contributed by atoms with Gasteiger partial charge in [0.15, 0.2) is 11.9 Å². The Morgan fingerprint density at radius 2 is 1.52 bits per heavy atom. The highest BCUT2D eigenvalue weighted by molar-refractivity contribution is 7.54. The van der Waals surface area contributed by atoms with Gasteiger partial charge >= 0.3 is 19.6 Å². The molecule has 1 aliphatic heterocycles. The molecule has 1 amide bonds. The molecule has 1 aliphatic rings. The third kappa shape index (κ3) is 8.96. The highest BCUT2D eigenvalue weighted by Gasteiger charge is 2.46. The molecule has 0 aliphatic carbocycles. The van der Waals surface area contributed by atoms with Crippen LogP contribution in [0.4, 0.5) is 5.82 Å². The molecule has 16 nitrogen and oxygen atoms in total. The van der Waals surface area contributed by atoms with E-state index in [0.29, 0.717) is 0 Å². The van der Waals surface area contributed by atoms with Gasteiger partial charge in [0.2, 0.25) is 0 Å². The summed E-state index contributed by atoms with van der Waals surface area (Å²) in [5, 5.41) is 26.2. The van der Waals surface area contributed by atoms with Crippen LogP contribution in [0.15, 0.2) is 6.33 Å². The number of imidazole rings is 1. The molecule has 6 atom stereocenters. The van der Waals surface area contributed by atoms with Gasteiger partial charge in [-0.3, -0.25) is 23.5 Å². The number of aliphatic hydroxyl groups is 2. The number of nitrogens with two attached hydrogens (primary N) is 2. The number of aliphatic hydroxyl groups excluding tert-OH is 2. The fraction of sp³-hybridized carbons (Fsp3) is 0.739. The summed E-state index contributed by atoms with van der Waals surface area (Å²) in [7, 11) is -4.26. The van der Waals surface area contributed by atoms with E-state index in [1.54, 1.807) is 41.5 Å². The van der Waals surface area contributed by atoms with E-state index in [1.807, 2.05) is 0 Å². The first-order valence-corrected chi connectivity index (χ1v) is 14.2. The quantitative estimate of drug-likeness (QED) is 0.146. The number of amides is 1. The van der Waals surface area contributed by atoms with Crippen LogP contribution in [0.25, 0.3) is 0 Å². The standard InChI is InChI=1S/C23H41N6O10P/c1-11(20(33)38-22(3,4)5)27-40(35,28-12(2)21(34)39-23(6,7)8)36-9-13-15(30)16(31)19(37-13)29-10-26-14(17(29)24)18(25)32/h10-13,15-16,19,30-31H,9,24H2,1-8H3,(H2,25,32)(H2,27,28,35)/t11-,12-,13+,15+,16+,19+/m0/s1. The van der Waals surface area contributed by atoms with Gasteiger partial charge in [-0.15, -0.1) is 0 Å². The number of carbonyl (C=O) groups is 3. The Morgan fingerprint density at radius 1 is 1.05 bits per heavy atom. The minimum atomic E-state index is -4.26. The Labute approximate surface area is 232 Å². The number of hydrogen-bond acceptors (Lipinski definition) is 12. The molecule has 2 heterocycles. The van der Waals surface area contributed by atoms with Crippen LogP contribution in [0.3, 0.4) is 0 Å². The van der Waals surface area contributed by atoms with Gasteiger partial charge < -0.3 is 40.4 Å². The van der Waals surface area contributed by atoms with Crippen molar-refractivity contribution in [2.75, 3.05) is 12.3 Å². The second kappa shape index (κ2) is 12.5. The van der Waals surface area contributed by atoms with Crippen molar-refractivity contribution in [3.63, 3.8) is 0 Å². The SMILES string of the molecule is C[C@H](NP(=O)(N[C@@H](C)C(=O)OC(C)(C)C)OC[C@H]1O[C@@H](n2cnc(C(N)=O)c2N)[C@H](O)[C@@H]1O)C(=O)OC(C)(C)C. The number of aromatic nitrogens is 2. The third-order valence-corrected chi connectivity index (χ3v) is 7.31. The average molecular weight is 593 g/mol. The van der Waals surface area contributed by atoms with E-state index < -0.39 is 79.9 Å². The number of nitrogens with one attached hydrogen (secondary N) is 2. The van der Waals surface area contributed by atoms with Crippen molar-refractivity contribution in [2.45, 2.75) is 103 Å². The third-order valence-electron chi connectivity index (χ3n) is 5.35. The van der Waals surface area contributed by atoms with E-state index in [9.17, 15) is 29.2 Å². The molecular formula is C23H41N6O10P. The molecule has 0 bridgehead atoms. The molecule has 1 aromatic heterocycles. The monoisotopic (exact) mass is 592 g/mol. The van der Waals surface area contributed by atoms with Crippen LogP contribution in [0.2, 0.25) is 0 Å². The Morgan fingerprint density at radius 3 is 1.93 bits per heavy atom. The predicted molar refractivity (Wildman–Crippen MR) is 142 cm³/mol. The van der Waals surface area contributed by atoms with Crippen LogP contribution in [0.1, 0.15) is 72.1 Å². The Bertz CT molecular complexity index is 1090. The molecular weight excluding hydrogens is 551 g/mol. The van der Waals surface area contributed by atoms with Gasteiger partial charge in [-0.1, -0.05) is 0 Å². The van der Waals surface area contributed by atoms with E-state index >= 15 is 0 Å². The lowest BCUT2D eigenvalue weighted by atomic mass is 10.1. The normalized spacial score (nSPS) is 23.4. The second-order valence-corrected chi connectivity index (χ2v) is 13.3. The highest BCUT2D eigenvalue weighted by Crippen LogP contribution is 2.41. The van der Waals surface area contributed by atoms with Gasteiger partial charge in [0.05, 0.1) is 12.9 Å². The summed E-state index contributed by atoms with van der Waals surface area (Å²) in [6.07, 6.45) is -4.54. The zero-order valence-corrected chi connectivity index (χ0v) is 24.8. The highest BCUT2D eigenvalue weighted by atomic mass is 31.2. The van der Waals surface area contributed by atoms with Crippen LogP contribution in [0.5, 0.6) is 0 Å². The predicted octanol–water partition coefficient (Wildman–Crippen LogP) is -0.0523. The molecule has 0 radical (unpaired) electrons. The van der Waals surface area contributed by atoms with Crippen LogP contribution < -0.4 is 21.6 Å². The Kier molecular flexibility index (Phi) is 10.5. The first-order chi connectivity index (χ1) is 18.1. The first kappa shape index (κ1) is 33.6. The topological polar surface area (TPSA) is 240 Å². The number of anilines is 1. The summed E-state index contributed by atoms with van der Waals surface area (Å²) in [5.41, 5.74) is 9.19. The van der Waals surface area contributed by atoms with Crippen LogP contribution in [0, 0.1) is 0 Å². The van der Waals surface area contributed by atoms with Crippen molar-refractivity contribution < 1.29 is 47.9 Å². The van der Waals surface area contributed by atoms with E-state index in [0.717, 1.165) is 10.9 Å². The maximum absolute atomic E-state index is 13.9. The van der Waals surface area contributed by atoms with E-state index in [4.69, 9.17) is 30.2 Å². The number of nitrogen functional groups attached to an aromatic ring is 1. The van der Waals surface area contributed by atoms with Crippen molar-refractivity contribution in [1.82, 2.24) is 19.7 Å². The molecule has 17 heteroatoms. The molecule has 2 rings (SSSR count). The number of esters is 2. The summed E-state index contributed by atoms with van der Waals surface area (Å²) in [5.74, 6) is -2.58. The maximum Gasteiger partial charge on any atom is 0.342 e. The Hall–Kier alpha value is -2.59. The summed E-state index contributed by atoms with van der Waals surface area (Å²) in [4.78, 5) is 40.4. The number of ether oxygens (including phenoxy) is 3. The lowest BCUT2D eigenvalue weighted by Gasteiger charge is -2.29. The summed E-state index contributed by atoms with van der Waals surface area (Å²) in [6, 6.07) is -2.32. The molecule has 40 heavy (non-hydrogen) atoms. The molecule has 8 N–H and O–H groups in total. The zero-order valence-electron chi connectivity index (χ0n) is 23.9. The average Bonchev–Trinajstić information content (AvgIpc) is 3.29.